The Hall–Kier alpha value is -0.960. The normalized spacial score (nSPS) is 14.9. The van der Waals surface area contributed by atoms with E-state index in [0.29, 0.717) is 9.21 Å². The molecular weight excluding hydrogens is 374 g/mol. The molecule has 0 aliphatic carbocycles. The standard InChI is InChI=1S/C15H14ClNO3S3/c1-15(18,12-8-10-4-2-3-5-11(10)21-12)9-17-23(19,20)14-7-6-13(16)22-14/h2-8,17-18H,9H2,1H3/t15-/m1/s1. The highest BCUT2D eigenvalue weighted by atomic mass is 35.5. The summed E-state index contributed by atoms with van der Waals surface area (Å²) in [4.78, 5) is 0.714. The molecule has 122 valence electrons. The number of aliphatic hydroxyl groups is 1. The van der Waals surface area contributed by atoms with E-state index in [1.54, 1.807) is 6.92 Å². The first-order valence-corrected chi connectivity index (χ1v) is 10.2. The summed E-state index contributed by atoms with van der Waals surface area (Å²) in [6.07, 6.45) is 0. The van der Waals surface area contributed by atoms with Gasteiger partial charge in [0.2, 0.25) is 10.0 Å². The molecule has 2 aromatic heterocycles. The summed E-state index contributed by atoms with van der Waals surface area (Å²) < 4.78 is 28.5. The van der Waals surface area contributed by atoms with Crippen LogP contribution in [0.15, 0.2) is 46.7 Å². The van der Waals surface area contributed by atoms with Gasteiger partial charge in [-0.05, 0) is 36.6 Å². The van der Waals surface area contributed by atoms with Crippen LogP contribution in [0.4, 0.5) is 0 Å². The van der Waals surface area contributed by atoms with E-state index in [4.69, 9.17) is 11.6 Å². The highest BCUT2D eigenvalue weighted by Crippen LogP contribution is 2.33. The van der Waals surface area contributed by atoms with Crippen molar-refractivity contribution in [3.8, 4) is 0 Å². The largest absolute Gasteiger partial charge is 0.383 e. The molecule has 4 nitrogen and oxygen atoms in total. The smallest absolute Gasteiger partial charge is 0.250 e. The van der Waals surface area contributed by atoms with Crippen molar-refractivity contribution >= 4 is 54.4 Å². The fourth-order valence-corrected chi connectivity index (χ4v) is 5.85. The van der Waals surface area contributed by atoms with E-state index < -0.39 is 15.6 Å². The predicted molar refractivity (Wildman–Crippen MR) is 95.9 cm³/mol. The zero-order chi connectivity index (χ0) is 16.7. The molecule has 23 heavy (non-hydrogen) atoms. The second-order valence-electron chi connectivity index (χ2n) is 5.31. The van der Waals surface area contributed by atoms with Crippen molar-refractivity contribution in [3.05, 3.63) is 51.7 Å². The zero-order valence-electron chi connectivity index (χ0n) is 12.1. The van der Waals surface area contributed by atoms with Crippen LogP contribution in [-0.4, -0.2) is 20.1 Å². The van der Waals surface area contributed by atoms with Gasteiger partial charge < -0.3 is 5.11 Å². The summed E-state index contributed by atoms with van der Waals surface area (Å²) in [7, 11) is -3.68. The van der Waals surface area contributed by atoms with Gasteiger partial charge >= 0.3 is 0 Å². The summed E-state index contributed by atoms with van der Waals surface area (Å²) in [5.41, 5.74) is -1.29. The van der Waals surface area contributed by atoms with E-state index in [-0.39, 0.29) is 10.8 Å². The predicted octanol–water partition coefficient (Wildman–Crippen LogP) is 3.80. The maximum Gasteiger partial charge on any atom is 0.250 e. The molecule has 0 aliphatic heterocycles. The lowest BCUT2D eigenvalue weighted by molar-refractivity contribution is 0.0667. The number of sulfonamides is 1. The Morgan fingerprint density at radius 1 is 1.22 bits per heavy atom. The van der Waals surface area contributed by atoms with Crippen molar-refractivity contribution in [2.24, 2.45) is 0 Å². The molecule has 0 fully saturated rings. The first kappa shape index (κ1) is 16.9. The van der Waals surface area contributed by atoms with Crippen molar-refractivity contribution in [1.29, 1.82) is 0 Å². The molecule has 0 saturated heterocycles. The van der Waals surface area contributed by atoms with Gasteiger partial charge in [-0.3, -0.25) is 0 Å². The third-order valence-electron chi connectivity index (χ3n) is 3.38. The molecule has 2 heterocycles. The van der Waals surface area contributed by atoms with E-state index in [0.717, 1.165) is 21.4 Å². The number of rotatable bonds is 5. The van der Waals surface area contributed by atoms with Gasteiger partial charge in [0.1, 0.15) is 9.81 Å². The third-order valence-corrected chi connectivity index (χ3v) is 7.87. The molecule has 1 aromatic carbocycles. The number of hydrogen-bond acceptors (Lipinski definition) is 5. The molecule has 8 heteroatoms. The summed E-state index contributed by atoms with van der Waals surface area (Å²) in [5.74, 6) is 0. The Morgan fingerprint density at radius 2 is 1.96 bits per heavy atom. The van der Waals surface area contributed by atoms with Crippen LogP contribution >= 0.6 is 34.3 Å². The molecular formula is C15H14ClNO3S3. The monoisotopic (exact) mass is 387 g/mol. The quantitative estimate of drug-likeness (QED) is 0.699. The zero-order valence-corrected chi connectivity index (χ0v) is 15.3. The fourth-order valence-electron chi connectivity index (χ4n) is 2.08. The lowest BCUT2D eigenvalue weighted by atomic mass is 10.1. The highest BCUT2D eigenvalue weighted by molar-refractivity contribution is 7.91. The molecule has 0 bridgehead atoms. The topological polar surface area (TPSA) is 66.4 Å². The van der Waals surface area contributed by atoms with Crippen molar-refractivity contribution in [2.45, 2.75) is 16.7 Å². The van der Waals surface area contributed by atoms with E-state index in [9.17, 15) is 13.5 Å². The lowest BCUT2D eigenvalue weighted by Gasteiger charge is -2.22. The number of thiophene rings is 2. The summed E-state index contributed by atoms with van der Waals surface area (Å²) in [5, 5.41) is 11.7. The molecule has 0 spiro atoms. The van der Waals surface area contributed by atoms with Gasteiger partial charge in [-0.15, -0.1) is 22.7 Å². The number of fused-ring (bicyclic) bond motifs is 1. The van der Waals surface area contributed by atoms with Crippen LogP contribution < -0.4 is 4.72 Å². The molecule has 0 amide bonds. The van der Waals surface area contributed by atoms with E-state index in [2.05, 4.69) is 4.72 Å². The Bertz CT molecular complexity index is 911. The molecule has 3 rings (SSSR count). The van der Waals surface area contributed by atoms with Crippen LogP contribution in [0.1, 0.15) is 11.8 Å². The van der Waals surface area contributed by atoms with Crippen LogP contribution in [0.25, 0.3) is 10.1 Å². The van der Waals surface area contributed by atoms with Crippen LogP contribution in [-0.2, 0) is 15.6 Å². The van der Waals surface area contributed by atoms with Crippen LogP contribution in [0.5, 0.6) is 0 Å². The Morgan fingerprint density at radius 3 is 2.61 bits per heavy atom. The van der Waals surface area contributed by atoms with E-state index >= 15 is 0 Å². The average molecular weight is 388 g/mol. The van der Waals surface area contributed by atoms with Crippen molar-refractivity contribution < 1.29 is 13.5 Å². The van der Waals surface area contributed by atoms with Gasteiger partial charge in [-0.1, -0.05) is 29.8 Å². The SMILES string of the molecule is C[C@@](O)(CNS(=O)(=O)c1ccc(Cl)s1)c1cc2ccccc2s1. The van der Waals surface area contributed by atoms with Gasteiger partial charge in [-0.2, -0.15) is 0 Å². The minimum atomic E-state index is -3.68. The Balaban J connectivity index is 1.80. The molecule has 0 unspecified atom stereocenters. The van der Waals surface area contributed by atoms with Crippen molar-refractivity contribution in [1.82, 2.24) is 4.72 Å². The lowest BCUT2D eigenvalue weighted by Crippen LogP contribution is -2.37. The maximum atomic E-state index is 12.2. The summed E-state index contributed by atoms with van der Waals surface area (Å²) in [6, 6.07) is 12.7. The average Bonchev–Trinajstić information content (AvgIpc) is 3.12. The summed E-state index contributed by atoms with van der Waals surface area (Å²) >= 11 is 8.21. The van der Waals surface area contributed by atoms with Gasteiger partial charge in [0.15, 0.2) is 0 Å². The first-order chi connectivity index (χ1) is 10.8. The molecule has 1 atom stereocenters. The molecule has 2 N–H and O–H groups in total. The van der Waals surface area contributed by atoms with Gasteiger partial charge in [-0.25, -0.2) is 13.1 Å². The minimum Gasteiger partial charge on any atom is -0.383 e. The molecule has 0 aliphatic rings. The number of nitrogens with one attached hydrogen (secondary N) is 1. The number of halogens is 1. The van der Waals surface area contributed by atoms with Crippen LogP contribution in [0, 0.1) is 0 Å². The fraction of sp³-hybridized carbons (Fsp3) is 0.200. The number of benzene rings is 1. The molecule has 0 radical (unpaired) electrons. The Labute approximate surface area is 147 Å². The van der Waals surface area contributed by atoms with Crippen LogP contribution in [0.2, 0.25) is 4.34 Å². The third kappa shape index (κ3) is 3.60. The Kier molecular flexibility index (Phi) is 4.52. The van der Waals surface area contributed by atoms with Gasteiger partial charge in [0, 0.05) is 16.1 Å². The highest BCUT2D eigenvalue weighted by Gasteiger charge is 2.28. The van der Waals surface area contributed by atoms with Crippen LogP contribution in [0.3, 0.4) is 0 Å². The minimum absolute atomic E-state index is 0.113. The van der Waals surface area contributed by atoms with Crippen molar-refractivity contribution in [3.63, 3.8) is 0 Å². The van der Waals surface area contributed by atoms with Crippen molar-refractivity contribution in [2.75, 3.05) is 6.54 Å². The molecule has 0 saturated carbocycles. The van der Waals surface area contributed by atoms with E-state index in [1.165, 1.54) is 23.5 Å². The van der Waals surface area contributed by atoms with Gasteiger partial charge in [0.05, 0.1) is 4.34 Å². The maximum absolute atomic E-state index is 12.2. The molecule has 3 aromatic rings. The van der Waals surface area contributed by atoms with Gasteiger partial charge in [0.25, 0.3) is 0 Å². The van der Waals surface area contributed by atoms with E-state index in [1.807, 2.05) is 30.3 Å². The summed E-state index contributed by atoms with van der Waals surface area (Å²) in [6.45, 7) is 1.49. The number of hydrogen-bond donors (Lipinski definition) is 2. The second kappa shape index (κ2) is 6.16. The first-order valence-electron chi connectivity index (χ1n) is 6.74. The second-order valence-corrected chi connectivity index (χ2v) is 10.1.